The maximum absolute atomic E-state index is 12.2. The van der Waals surface area contributed by atoms with Crippen molar-refractivity contribution < 1.29 is 14.3 Å². The van der Waals surface area contributed by atoms with Gasteiger partial charge in [0.25, 0.3) is 5.91 Å². The molecule has 130 valence electrons. The van der Waals surface area contributed by atoms with Crippen molar-refractivity contribution in [2.75, 3.05) is 23.4 Å². The Balaban J connectivity index is 1.59. The molecule has 2 aromatic carbocycles. The molecule has 0 aliphatic carbocycles. The topological polar surface area (TPSA) is 58.6 Å². The van der Waals surface area contributed by atoms with Gasteiger partial charge in [-0.1, -0.05) is 24.3 Å². The summed E-state index contributed by atoms with van der Waals surface area (Å²) in [6.07, 6.45) is 0.955. The van der Waals surface area contributed by atoms with Crippen molar-refractivity contribution in [2.24, 2.45) is 0 Å². The number of ether oxygens (including phenoxy) is 1. The monoisotopic (exact) mass is 338 g/mol. The molecule has 5 nitrogen and oxygen atoms in total. The number of hydrogen-bond acceptors (Lipinski definition) is 3. The van der Waals surface area contributed by atoms with Crippen LogP contribution in [0.1, 0.15) is 24.0 Å². The molecule has 1 aliphatic rings. The van der Waals surface area contributed by atoms with Gasteiger partial charge in [0.2, 0.25) is 5.91 Å². The number of anilines is 2. The van der Waals surface area contributed by atoms with Gasteiger partial charge in [0, 0.05) is 18.7 Å². The van der Waals surface area contributed by atoms with E-state index in [0.717, 1.165) is 28.3 Å². The van der Waals surface area contributed by atoms with Crippen LogP contribution in [0.4, 0.5) is 11.4 Å². The van der Waals surface area contributed by atoms with Gasteiger partial charge >= 0.3 is 0 Å². The third-order valence-electron chi connectivity index (χ3n) is 4.26. The second-order valence-corrected chi connectivity index (χ2v) is 6.27. The Hall–Kier alpha value is -2.82. The van der Waals surface area contributed by atoms with Crippen LogP contribution >= 0.6 is 0 Å². The number of benzene rings is 2. The molecule has 3 rings (SSSR count). The first kappa shape index (κ1) is 17.0. The number of rotatable bonds is 5. The van der Waals surface area contributed by atoms with Crippen molar-refractivity contribution in [3.05, 3.63) is 53.6 Å². The summed E-state index contributed by atoms with van der Waals surface area (Å²) in [4.78, 5) is 26.0. The summed E-state index contributed by atoms with van der Waals surface area (Å²) in [7, 11) is 0. The zero-order chi connectivity index (χ0) is 17.8. The van der Waals surface area contributed by atoms with E-state index in [0.29, 0.717) is 19.4 Å². The number of para-hydroxylation sites is 1. The Labute approximate surface area is 147 Å². The molecule has 0 saturated heterocycles. The fraction of sp³-hybridized carbons (Fsp3) is 0.300. The summed E-state index contributed by atoms with van der Waals surface area (Å²) in [6, 6.07) is 13.5. The van der Waals surface area contributed by atoms with E-state index in [-0.39, 0.29) is 18.4 Å². The van der Waals surface area contributed by atoms with E-state index in [9.17, 15) is 9.59 Å². The van der Waals surface area contributed by atoms with Crippen LogP contribution in [-0.4, -0.2) is 25.0 Å². The Morgan fingerprint density at radius 3 is 2.80 bits per heavy atom. The highest BCUT2D eigenvalue weighted by molar-refractivity contribution is 5.98. The van der Waals surface area contributed by atoms with Crippen LogP contribution in [0.15, 0.2) is 42.5 Å². The zero-order valence-electron chi connectivity index (χ0n) is 14.5. The number of amides is 2. The standard InChI is InChI=1S/C20H22N2O3/c1-14-9-10-18-17(12-14)22(20(24)13-25-18)11-5-8-19(23)21-16-7-4-3-6-15(16)2/h3-4,6-7,9-10,12H,5,8,11,13H2,1-2H3,(H,21,23). The Kier molecular flexibility index (Phi) is 5.03. The first-order valence-electron chi connectivity index (χ1n) is 8.44. The highest BCUT2D eigenvalue weighted by atomic mass is 16.5. The highest BCUT2D eigenvalue weighted by Gasteiger charge is 2.25. The van der Waals surface area contributed by atoms with Gasteiger partial charge in [-0.25, -0.2) is 0 Å². The molecule has 1 aliphatic heterocycles. The zero-order valence-corrected chi connectivity index (χ0v) is 14.5. The fourth-order valence-electron chi connectivity index (χ4n) is 2.88. The maximum Gasteiger partial charge on any atom is 0.265 e. The van der Waals surface area contributed by atoms with Gasteiger partial charge in [-0.3, -0.25) is 9.59 Å². The predicted molar refractivity (Wildman–Crippen MR) is 98.1 cm³/mol. The quantitative estimate of drug-likeness (QED) is 0.908. The molecule has 0 radical (unpaired) electrons. The average molecular weight is 338 g/mol. The minimum atomic E-state index is -0.0718. The molecule has 5 heteroatoms. The molecule has 0 saturated carbocycles. The van der Waals surface area contributed by atoms with Crippen LogP contribution in [0.2, 0.25) is 0 Å². The van der Waals surface area contributed by atoms with Crippen LogP contribution in [0, 0.1) is 13.8 Å². The molecule has 25 heavy (non-hydrogen) atoms. The summed E-state index contributed by atoms with van der Waals surface area (Å²) >= 11 is 0. The van der Waals surface area contributed by atoms with Gasteiger partial charge in [-0.2, -0.15) is 0 Å². The third-order valence-corrected chi connectivity index (χ3v) is 4.26. The third kappa shape index (κ3) is 3.99. The van der Waals surface area contributed by atoms with Crippen LogP contribution in [0.5, 0.6) is 5.75 Å². The van der Waals surface area contributed by atoms with Crippen molar-refractivity contribution in [1.82, 2.24) is 0 Å². The number of aryl methyl sites for hydroxylation is 2. The van der Waals surface area contributed by atoms with E-state index in [2.05, 4.69) is 5.32 Å². The lowest BCUT2D eigenvalue weighted by Gasteiger charge is -2.29. The SMILES string of the molecule is Cc1ccc2c(c1)N(CCCC(=O)Nc1ccccc1C)C(=O)CO2. The Bertz CT molecular complexity index is 801. The Morgan fingerprint density at radius 1 is 1.20 bits per heavy atom. The van der Waals surface area contributed by atoms with Crippen molar-refractivity contribution >= 4 is 23.2 Å². The van der Waals surface area contributed by atoms with E-state index in [1.807, 2.05) is 56.3 Å². The summed E-state index contributed by atoms with van der Waals surface area (Å²) in [5, 5.41) is 2.92. The van der Waals surface area contributed by atoms with Gasteiger partial charge in [0.15, 0.2) is 6.61 Å². The molecule has 0 bridgehead atoms. The van der Waals surface area contributed by atoms with E-state index >= 15 is 0 Å². The molecular weight excluding hydrogens is 316 g/mol. The van der Waals surface area contributed by atoms with Crippen LogP contribution in [-0.2, 0) is 9.59 Å². The van der Waals surface area contributed by atoms with Crippen molar-refractivity contribution in [2.45, 2.75) is 26.7 Å². The molecule has 2 aromatic rings. The minimum Gasteiger partial charge on any atom is -0.482 e. The molecule has 0 fully saturated rings. The minimum absolute atomic E-state index is 0.0422. The number of nitrogens with one attached hydrogen (secondary N) is 1. The lowest BCUT2D eigenvalue weighted by Crippen LogP contribution is -2.39. The Morgan fingerprint density at radius 2 is 2.00 bits per heavy atom. The lowest BCUT2D eigenvalue weighted by atomic mass is 10.1. The van der Waals surface area contributed by atoms with Crippen molar-refractivity contribution in [1.29, 1.82) is 0 Å². The van der Waals surface area contributed by atoms with Crippen LogP contribution < -0.4 is 15.0 Å². The molecule has 0 unspecified atom stereocenters. The lowest BCUT2D eigenvalue weighted by molar-refractivity contribution is -0.121. The van der Waals surface area contributed by atoms with Crippen LogP contribution in [0.3, 0.4) is 0 Å². The molecule has 0 atom stereocenters. The second-order valence-electron chi connectivity index (χ2n) is 6.27. The second kappa shape index (κ2) is 7.38. The molecular formula is C20H22N2O3. The summed E-state index contributed by atoms with van der Waals surface area (Å²) in [5.41, 5.74) is 3.72. The number of nitrogens with zero attached hydrogens (tertiary/aromatic N) is 1. The molecule has 1 N–H and O–H groups in total. The molecule has 2 amide bonds. The van der Waals surface area contributed by atoms with E-state index in [1.54, 1.807) is 4.90 Å². The van der Waals surface area contributed by atoms with E-state index < -0.39 is 0 Å². The predicted octanol–water partition coefficient (Wildman–Crippen LogP) is 3.45. The number of carbonyl (C=O) groups is 2. The number of fused-ring (bicyclic) bond motifs is 1. The normalized spacial score (nSPS) is 13.2. The van der Waals surface area contributed by atoms with Gasteiger partial charge in [-0.15, -0.1) is 0 Å². The summed E-state index contributed by atoms with van der Waals surface area (Å²) in [5.74, 6) is 0.603. The van der Waals surface area contributed by atoms with Gasteiger partial charge < -0.3 is 15.0 Å². The number of carbonyl (C=O) groups excluding carboxylic acids is 2. The molecule has 0 aromatic heterocycles. The van der Waals surface area contributed by atoms with Gasteiger partial charge in [0.1, 0.15) is 5.75 Å². The maximum atomic E-state index is 12.2. The van der Waals surface area contributed by atoms with Crippen molar-refractivity contribution in [3.8, 4) is 5.75 Å². The molecule has 1 heterocycles. The average Bonchev–Trinajstić information content (AvgIpc) is 2.59. The highest BCUT2D eigenvalue weighted by Crippen LogP contribution is 2.33. The van der Waals surface area contributed by atoms with Crippen molar-refractivity contribution in [3.63, 3.8) is 0 Å². The first-order valence-corrected chi connectivity index (χ1v) is 8.44. The fourth-order valence-corrected chi connectivity index (χ4v) is 2.88. The van der Waals surface area contributed by atoms with Gasteiger partial charge in [-0.05, 0) is 49.6 Å². The van der Waals surface area contributed by atoms with Crippen LogP contribution in [0.25, 0.3) is 0 Å². The smallest absolute Gasteiger partial charge is 0.265 e. The van der Waals surface area contributed by atoms with Gasteiger partial charge in [0.05, 0.1) is 5.69 Å². The first-order chi connectivity index (χ1) is 12.0. The van der Waals surface area contributed by atoms with E-state index in [1.165, 1.54) is 0 Å². The summed E-state index contributed by atoms with van der Waals surface area (Å²) < 4.78 is 5.47. The van der Waals surface area contributed by atoms with E-state index in [4.69, 9.17) is 4.74 Å². The largest absolute Gasteiger partial charge is 0.482 e. The molecule has 0 spiro atoms. The number of hydrogen-bond donors (Lipinski definition) is 1. The summed E-state index contributed by atoms with van der Waals surface area (Å²) in [6.45, 7) is 4.49.